The fourth-order valence-corrected chi connectivity index (χ4v) is 2.80. The van der Waals surface area contributed by atoms with Gasteiger partial charge in [-0.2, -0.15) is 0 Å². The molecule has 0 aromatic rings. The second-order valence-electron chi connectivity index (χ2n) is 5.43. The molecule has 0 aromatic carbocycles. The van der Waals surface area contributed by atoms with Crippen LogP contribution in [0.5, 0.6) is 0 Å². The van der Waals surface area contributed by atoms with Crippen LogP contribution in [0.15, 0.2) is 0 Å². The van der Waals surface area contributed by atoms with E-state index in [-0.39, 0.29) is 5.91 Å². The number of amides is 1. The molecule has 2 fully saturated rings. The number of carbonyl (C=O) groups excluding carboxylic acids is 1. The molecular formula is C12H23N3O. The fourth-order valence-electron chi connectivity index (χ4n) is 2.80. The van der Waals surface area contributed by atoms with Gasteiger partial charge in [0.05, 0.1) is 0 Å². The molecule has 0 aliphatic carbocycles. The van der Waals surface area contributed by atoms with Crippen molar-refractivity contribution in [1.29, 1.82) is 0 Å². The van der Waals surface area contributed by atoms with E-state index in [4.69, 9.17) is 0 Å². The summed E-state index contributed by atoms with van der Waals surface area (Å²) < 4.78 is 0. The summed E-state index contributed by atoms with van der Waals surface area (Å²) in [6, 6.07) is 1.71. The second kappa shape index (κ2) is 5.15. The van der Waals surface area contributed by atoms with Crippen molar-refractivity contribution in [3.05, 3.63) is 0 Å². The molecule has 0 spiro atoms. The monoisotopic (exact) mass is 225 g/mol. The number of piperidine rings is 1. The van der Waals surface area contributed by atoms with Gasteiger partial charge in [-0.25, -0.2) is 0 Å². The van der Waals surface area contributed by atoms with E-state index in [0.29, 0.717) is 24.5 Å². The highest BCUT2D eigenvalue weighted by Gasteiger charge is 2.33. The number of nitrogens with one attached hydrogen (secondary N) is 2. The predicted octanol–water partition coefficient (Wildman–Crippen LogP) is 0.337. The first kappa shape index (κ1) is 11.9. The molecule has 2 atom stereocenters. The Morgan fingerprint density at radius 1 is 1.31 bits per heavy atom. The lowest BCUT2D eigenvalue weighted by atomic mass is 10.00. The van der Waals surface area contributed by atoms with Crippen LogP contribution in [0.3, 0.4) is 0 Å². The van der Waals surface area contributed by atoms with Gasteiger partial charge in [0.2, 0.25) is 5.91 Å². The zero-order valence-electron chi connectivity index (χ0n) is 10.3. The van der Waals surface area contributed by atoms with E-state index in [1.165, 1.54) is 12.8 Å². The van der Waals surface area contributed by atoms with E-state index >= 15 is 0 Å². The highest BCUT2D eigenvalue weighted by molar-refractivity contribution is 5.76. The molecule has 2 unspecified atom stereocenters. The van der Waals surface area contributed by atoms with Crippen molar-refractivity contribution in [2.75, 3.05) is 20.6 Å². The van der Waals surface area contributed by atoms with Crippen molar-refractivity contribution >= 4 is 5.91 Å². The molecule has 1 amide bonds. The molecule has 2 heterocycles. The standard InChI is InChI=1S/C12H23N3O/c1-15(2)6-5-12(16)14-11-7-9-3-4-10(8-11)13-9/h9-11,13H,3-8H2,1-2H3,(H,14,16). The van der Waals surface area contributed by atoms with Crippen LogP contribution in [-0.2, 0) is 4.79 Å². The lowest BCUT2D eigenvalue weighted by Gasteiger charge is -2.29. The molecule has 2 aliphatic heterocycles. The Morgan fingerprint density at radius 2 is 1.94 bits per heavy atom. The van der Waals surface area contributed by atoms with Gasteiger partial charge < -0.3 is 15.5 Å². The zero-order chi connectivity index (χ0) is 11.5. The Balaban J connectivity index is 1.71. The predicted molar refractivity (Wildman–Crippen MR) is 64.3 cm³/mol. The summed E-state index contributed by atoms with van der Waals surface area (Å²) in [4.78, 5) is 13.7. The molecule has 0 aromatic heterocycles. The molecular weight excluding hydrogens is 202 g/mol. The van der Waals surface area contributed by atoms with Crippen LogP contribution in [0.4, 0.5) is 0 Å². The minimum Gasteiger partial charge on any atom is -0.353 e. The number of nitrogens with zero attached hydrogens (tertiary/aromatic N) is 1. The van der Waals surface area contributed by atoms with Gasteiger partial charge in [0.25, 0.3) is 0 Å². The molecule has 16 heavy (non-hydrogen) atoms. The highest BCUT2D eigenvalue weighted by atomic mass is 16.1. The normalized spacial score (nSPS) is 33.1. The average molecular weight is 225 g/mol. The maximum atomic E-state index is 11.7. The Hall–Kier alpha value is -0.610. The molecule has 2 saturated heterocycles. The van der Waals surface area contributed by atoms with Crippen molar-refractivity contribution in [2.45, 2.75) is 50.2 Å². The van der Waals surface area contributed by atoms with Gasteiger partial charge >= 0.3 is 0 Å². The topological polar surface area (TPSA) is 44.4 Å². The Morgan fingerprint density at radius 3 is 2.50 bits per heavy atom. The summed E-state index contributed by atoms with van der Waals surface area (Å²) >= 11 is 0. The lowest BCUT2D eigenvalue weighted by Crippen LogP contribution is -2.48. The molecule has 92 valence electrons. The van der Waals surface area contributed by atoms with Crippen LogP contribution in [0.1, 0.15) is 32.1 Å². The SMILES string of the molecule is CN(C)CCC(=O)NC1CC2CCC(C1)N2. The van der Waals surface area contributed by atoms with Crippen molar-refractivity contribution in [3.63, 3.8) is 0 Å². The Labute approximate surface area is 97.8 Å². The third kappa shape index (κ3) is 3.19. The molecule has 0 saturated carbocycles. The van der Waals surface area contributed by atoms with E-state index < -0.39 is 0 Å². The second-order valence-corrected chi connectivity index (χ2v) is 5.43. The van der Waals surface area contributed by atoms with E-state index in [0.717, 1.165) is 19.4 Å². The first-order valence-corrected chi connectivity index (χ1v) is 6.33. The van der Waals surface area contributed by atoms with Gasteiger partial charge in [-0.3, -0.25) is 4.79 Å². The first-order chi connectivity index (χ1) is 7.63. The summed E-state index contributed by atoms with van der Waals surface area (Å²) in [7, 11) is 4.00. The first-order valence-electron chi connectivity index (χ1n) is 6.33. The minimum atomic E-state index is 0.208. The highest BCUT2D eigenvalue weighted by Crippen LogP contribution is 2.26. The van der Waals surface area contributed by atoms with Crippen molar-refractivity contribution in [1.82, 2.24) is 15.5 Å². The Bertz CT molecular complexity index is 243. The lowest BCUT2D eigenvalue weighted by molar-refractivity contribution is -0.122. The van der Waals surface area contributed by atoms with Gasteiger partial charge in [-0.1, -0.05) is 0 Å². The summed E-state index contributed by atoms with van der Waals surface area (Å²) in [5.41, 5.74) is 0. The van der Waals surface area contributed by atoms with Gasteiger partial charge in [0.15, 0.2) is 0 Å². The number of rotatable bonds is 4. The van der Waals surface area contributed by atoms with Crippen molar-refractivity contribution in [3.8, 4) is 0 Å². The van der Waals surface area contributed by atoms with E-state index in [1.807, 2.05) is 19.0 Å². The zero-order valence-corrected chi connectivity index (χ0v) is 10.3. The van der Waals surface area contributed by atoms with Crippen molar-refractivity contribution < 1.29 is 4.79 Å². The summed E-state index contributed by atoms with van der Waals surface area (Å²) in [6.45, 7) is 0.837. The molecule has 4 heteroatoms. The third-order valence-corrected chi connectivity index (χ3v) is 3.62. The number of hydrogen-bond acceptors (Lipinski definition) is 3. The molecule has 4 nitrogen and oxygen atoms in total. The molecule has 2 aliphatic rings. The maximum Gasteiger partial charge on any atom is 0.221 e. The van der Waals surface area contributed by atoms with Crippen molar-refractivity contribution in [2.24, 2.45) is 0 Å². The van der Waals surface area contributed by atoms with Gasteiger partial charge in [-0.15, -0.1) is 0 Å². The van der Waals surface area contributed by atoms with Crippen LogP contribution in [0.2, 0.25) is 0 Å². The smallest absolute Gasteiger partial charge is 0.221 e. The molecule has 2 rings (SSSR count). The number of hydrogen-bond donors (Lipinski definition) is 2. The number of carbonyl (C=O) groups is 1. The molecule has 2 bridgehead atoms. The van der Waals surface area contributed by atoms with Crippen LogP contribution < -0.4 is 10.6 Å². The van der Waals surface area contributed by atoms with Gasteiger partial charge in [0, 0.05) is 31.1 Å². The maximum absolute atomic E-state index is 11.7. The van der Waals surface area contributed by atoms with Crippen LogP contribution in [-0.4, -0.2) is 49.6 Å². The quantitative estimate of drug-likeness (QED) is 0.725. The van der Waals surface area contributed by atoms with Gasteiger partial charge in [-0.05, 0) is 39.8 Å². The van der Waals surface area contributed by atoms with E-state index in [2.05, 4.69) is 10.6 Å². The molecule has 0 radical (unpaired) electrons. The average Bonchev–Trinajstić information content (AvgIpc) is 2.55. The van der Waals surface area contributed by atoms with E-state index in [9.17, 15) is 4.79 Å². The summed E-state index contributed by atoms with van der Waals surface area (Å²) in [6.07, 6.45) is 5.42. The van der Waals surface area contributed by atoms with E-state index in [1.54, 1.807) is 0 Å². The largest absolute Gasteiger partial charge is 0.353 e. The number of fused-ring (bicyclic) bond motifs is 2. The van der Waals surface area contributed by atoms with Crippen LogP contribution in [0, 0.1) is 0 Å². The third-order valence-electron chi connectivity index (χ3n) is 3.62. The molecule has 2 N–H and O–H groups in total. The minimum absolute atomic E-state index is 0.208. The van der Waals surface area contributed by atoms with Gasteiger partial charge in [0.1, 0.15) is 0 Å². The summed E-state index contributed by atoms with van der Waals surface area (Å²) in [5, 5.41) is 6.75. The fraction of sp³-hybridized carbons (Fsp3) is 0.917. The van der Waals surface area contributed by atoms with Crippen LogP contribution in [0.25, 0.3) is 0 Å². The Kier molecular flexibility index (Phi) is 3.82. The van der Waals surface area contributed by atoms with Crippen LogP contribution >= 0.6 is 0 Å². The summed E-state index contributed by atoms with van der Waals surface area (Å²) in [5.74, 6) is 0.208.